The lowest BCUT2D eigenvalue weighted by atomic mass is 10.2. The first kappa shape index (κ1) is 26.6. The van der Waals surface area contributed by atoms with Gasteiger partial charge in [0.05, 0.1) is 34.3 Å². The second-order valence-corrected chi connectivity index (χ2v) is 7.53. The molecule has 0 aliphatic heterocycles. The van der Waals surface area contributed by atoms with Crippen LogP contribution in [0.15, 0.2) is 72.4 Å². The highest BCUT2D eigenvalue weighted by molar-refractivity contribution is 6.32. The van der Waals surface area contributed by atoms with Crippen molar-refractivity contribution in [1.82, 2.24) is 5.43 Å². The zero-order valence-electron chi connectivity index (χ0n) is 19.3. The molecular formula is C24H19ClN4O8. The molecule has 0 saturated carbocycles. The van der Waals surface area contributed by atoms with E-state index in [1.807, 2.05) is 0 Å². The van der Waals surface area contributed by atoms with Gasteiger partial charge in [0.1, 0.15) is 12.4 Å². The molecule has 190 valence electrons. The highest BCUT2D eigenvalue weighted by Gasteiger charge is 2.22. The van der Waals surface area contributed by atoms with E-state index >= 15 is 0 Å². The molecule has 0 fully saturated rings. The highest BCUT2D eigenvalue weighted by Crippen LogP contribution is 2.37. The van der Waals surface area contributed by atoms with Crippen LogP contribution in [-0.4, -0.2) is 35.7 Å². The van der Waals surface area contributed by atoms with E-state index < -0.39 is 27.1 Å². The van der Waals surface area contributed by atoms with Crippen LogP contribution < -0.4 is 19.6 Å². The van der Waals surface area contributed by atoms with Crippen LogP contribution in [0.2, 0.25) is 5.02 Å². The van der Waals surface area contributed by atoms with Crippen LogP contribution in [-0.2, 0) is 0 Å². The van der Waals surface area contributed by atoms with Crippen molar-refractivity contribution in [2.75, 3.05) is 13.7 Å². The van der Waals surface area contributed by atoms with Gasteiger partial charge in [-0.25, -0.2) is 5.43 Å². The molecule has 13 heteroatoms. The number of halogens is 1. The lowest BCUT2D eigenvalue weighted by molar-refractivity contribution is -0.394. The Morgan fingerprint density at radius 3 is 2.41 bits per heavy atom. The Hall–Kier alpha value is -4.97. The number of methoxy groups -OCH3 is 1. The van der Waals surface area contributed by atoms with Crippen LogP contribution >= 0.6 is 11.6 Å². The summed E-state index contributed by atoms with van der Waals surface area (Å²) in [5.41, 5.74) is 2.12. The third-order valence-electron chi connectivity index (χ3n) is 4.69. The molecule has 0 spiro atoms. The Bertz CT molecular complexity index is 1390. The first-order valence-electron chi connectivity index (χ1n) is 10.4. The van der Waals surface area contributed by atoms with E-state index in [1.54, 1.807) is 24.3 Å². The van der Waals surface area contributed by atoms with Gasteiger partial charge >= 0.3 is 5.69 Å². The minimum Gasteiger partial charge on any atom is -0.493 e. The third-order valence-corrected chi connectivity index (χ3v) is 4.98. The van der Waals surface area contributed by atoms with Crippen molar-refractivity contribution in [2.45, 2.75) is 0 Å². The molecule has 0 heterocycles. The number of nitro benzene ring substituents is 2. The fourth-order valence-electron chi connectivity index (χ4n) is 2.95. The van der Waals surface area contributed by atoms with Crippen molar-refractivity contribution in [3.05, 3.63) is 104 Å². The molecule has 1 N–H and O–H groups in total. The van der Waals surface area contributed by atoms with Crippen LogP contribution in [0.1, 0.15) is 15.9 Å². The molecule has 0 radical (unpaired) electrons. The Morgan fingerprint density at radius 2 is 1.76 bits per heavy atom. The Morgan fingerprint density at radius 1 is 1.03 bits per heavy atom. The van der Waals surface area contributed by atoms with Crippen LogP contribution in [0.3, 0.4) is 0 Å². The van der Waals surface area contributed by atoms with Gasteiger partial charge in [-0.3, -0.25) is 25.0 Å². The average Bonchev–Trinajstić information content (AvgIpc) is 2.88. The highest BCUT2D eigenvalue weighted by atomic mass is 35.5. The second-order valence-electron chi connectivity index (χ2n) is 7.12. The predicted octanol–water partition coefficient (Wildman–Crippen LogP) is 5.29. The maximum atomic E-state index is 12.4. The molecule has 1 amide bonds. The molecule has 37 heavy (non-hydrogen) atoms. The minimum absolute atomic E-state index is 0.0747. The summed E-state index contributed by atoms with van der Waals surface area (Å²) in [6, 6.07) is 12.1. The Labute approximate surface area is 215 Å². The van der Waals surface area contributed by atoms with E-state index in [2.05, 4.69) is 17.1 Å². The molecule has 0 bridgehead atoms. The quantitative estimate of drug-likeness (QED) is 0.153. The standard InChI is InChI=1S/C24H19ClN4O8/c1-3-10-36-22-8-5-16(12-23(22)35-2)24(30)27-26-14-15-4-7-20(18(25)11-15)37-21-9-6-17(28(31)32)13-19(21)29(33)34/h3-9,11-14H,1,10H2,2H3,(H,27,30)/b26-14+. The number of hydrogen-bond donors (Lipinski definition) is 1. The number of benzene rings is 3. The largest absolute Gasteiger partial charge is 0.493 e. The smallest absolute Gasteiger partial charge is 0.318 e. The molecule has 3 aromatic carbocycles. The van der Waals surface area contributed by atoms with Gasteiger partial charge in [-0.05, 0) is 48.0 Å². The summed E-state index contributed by atoms with van der Waals surface area (Å²) in [4.78, 5) is 33.1. The maximum absolute atomic E-state index is 12.4. The molecule has 3 rings (SSSR count). The number of non-ortho nitro benzene ring substituents is 1. The molecule has 12 nitrogen and oxygen atoms in total. The fourth-order valence-corrected chi connectivity index (χ4v) is 3.18. The first-order valence-corrected chi connectivity index (χ1v) is 10.8. The Kier molecular flexibility index (Phi) is 8.73. The van der Waals surface area contributed by atoms with Crippen molar-refractivity contribution in [3.8, 4) is 23.0 Å². The van der Waals surface area contributed by atoms with Crippen molar-refractivity contribution in [2.24, 2.45) is 5.10 Å². The van der Waals surface area contributed by atoms with Gasteiger partial charge in [-0.1, -0.05) is 24.3 Å². The lowest BCUT2D eigenvalue weighted by Crippen LogP contribution is -2.17. The lowest BCUT2D eigenvalue weighted by Gasteiger charge is -2.10. The summed E-state index contributed by atoms with van der Waals surface area (Å²) in [5.74, 6) is 0.183. The number of hydrazone groups is 1. The predicted molar refractivity (Wildman–Crippen MR) is 135 cm³/mol. The molecule has 0 aliphatic rings. The van der Waals surface area contributed by atoms with Gasteiger partial charge in [0.2, 0.25) is 5.75 Å². The van der Waals surface area contributed by atoms with Gasteiger partial charge in [0.25, 0.3) is 11.6 Å². The summed E-state index contributed by atoms with van der Waals surface area (Å²) in [6.07, 6.45) is 2.92. The Balaban J connectivity index is 1.69. The van der Waals surface area contributed by atoms with Gasteiger partial charge in [0, 0.05) is 11.6 Å². The third kappa shape index (κ3) is 6.80. The van der Waals surface area contributed by atoms with Gasteiger partial charge in [-0.15, -0.1) is 0 Å². The first-order chi connectivity index (χ1) is 17.7. The normalized spacial score (nSPS) is 10.5. The van der Waals surface area contributed by atoms with Gasteiger partial charge in [0.15, 0.2) is 11.5 Å². The van der Waals surface area contributed by atoms with E-state index in [0.29, 0.717) is 17.1 Å². The van der Waals surface area contributed by atoms with Crippen molar-refractivity contribution >= 4 is 35.1 Å². The summed E-state index contributed by atoms with van der Waals surface area (Å²) in [7, 11) is 1.45. The number of ether oxygens (including phenoxy) is 3. The number of hydrogen-bond acceptors (Lipinski definition) is 9. The number of nitrogens with one attached hydrogen (secondary N) is 1. The number of nitrogens with zero attached hydrogens (tertiary/aromatic N) is 3. The van der Waals surface area contributed by atoms with Crippen molar-refractivity contribution < 1.29 is 28.9 Å². The molecule has 0 aromatic heterocycles. The average molecular weight is 527 g/mol. The molecule has 0 saturated heterocycles. The van der Waals surface area contributed by atoms with Crippen LogP contribution in [0.5, 0.6) is 23.0 Å². The SMILES string of the molecule is C=CCOc1ccc(C(=O)N/N=C/c2ccc(Oc3ccc([N+](=O)[O-])cc3[N+](=O)[O-])c(Cl)c2)cc1OC. The van der Waals surface area contributed by atoms with E-state index in [9.17, 15) is 25.0 Å². The maximum Gasteiger partial charge on any atom is 0.318 e. The van der Waals surface area contributed by atoms with Crippen molar-refractivity contribution in [3.63, 3.8) is 0 Å². The number of carbonyl (C=O) groups is 1. The molecule has 0 unspecified atom stereocenters. The monoisotopic (exact) mass is 526 g/mol. The van der Waals surface area contributed by atoms with E-state index in [0.717, 1.165) is 18.2 Å². The number of nitro groups is 2. The van der Waals surface area contributed by atoms with Crippen LogP contribution in [0.25, 0.3) is 0 Å². The molecule has 0 aliphatic carbocycles. The van der Waals surface area contributed by atoms with Crippen LogP contribution in [0, 0.1) is 20.2 Å². The van der Waals surface area contributed by atoms with E-state index in [4.69, 9.17) is 25.8 Å². The summed E-state index contributed by atoms with van der Waals surface area (Å²) in [5, 5.41) is 26.2. The summed E-state index contributed by atoms with van der Waals surface area (Å²) in [6.45, 7) is 3.86. The van der Waals surface area contributed by atoms with E-state index in [-0.39, 0.29) is 28.7 Å². The van der Waals surface area contributed by atoms with Crippen LogP contribution in [0.4, 0.5) is 11.4 Å². The topological polar surface area (TPSA) is 155 Å². The summed E-state index contributed by atoms with van der Waals surface area (Å²) < 4.78 is 16.2. The molecule has 0 atom stereocenters. The van der Waals surface area contributed by atoms with E-state index in [1.165, 1.54) is 31.5 Å². The van der Waals surface area contributed by atoms with Gasteiger partial charge < -0.3 is 14.2 Å². The van der Waals surface area contributed by atoms with Crippen molar-refractivity contribution in [1.29, 1.82) is 0 Å². The zero-order valence-corrected chi connectivity index (χ0v) is 20.0. The summed E-state index contributed by atoms with van der Waals surface area (Å²) >= 11 is 6.23. The second kappa shape index (κ2) is 12.1. The minimum atomic E-state index is -0.794. The van der Waals surface area contributed by atoms with Gasteiger partial charge in [-0.2, -0.15) is 5.10 Å². The molecule has 3 aromatic rings. The number of rotatable bonds is 11. The fraction of sp³-hybridized carbons (Fsp3) is 0.0833. The molecular weight excluding hydrogens is 508 g/mol. The number of carbonyl (C=O) groups excluding carboxylic acids is 1. The zero-order chi connectivity index (χ0) is 26.9. The number of amides is 1.